The minimum atomic E-state index is -0.450. The van der Waals surface area contributed by atoms with Crippen molar-refractivity contribution in [1.82, 2.24) is 5.32 Å². The molecule has 0 atom stereocenters. The molecule has 6 heteroatoms. The summed E-state index contributed by atoms with van der Waals surface area (Å²) in [6.07, 6.45) is 0. The lowest BCUT2D eigenvalue weighted by molar-refractivity contribution is 0.1000. The summed E-state index contributed by atoms with van der Waals surface area (Å²) in [5, 5.41) is 2.84. The minimum absolute atomic E-state index is 0.0820. The van der Waals surface area contributed by atoms with Crippen LogP contribution in [0.15, 0.2) is 48.5 Å². The average molecular weight is 341 g/mol. The molecule has 0 saturated heterocycles. The van der Waals surface area contributed by atoms with Gasteiger partial charge in [-0.3, -0.25) is 9.69 Å². The molecule has 0 bridgehead atoms. The zero-order chi connectivity index (χ0) is 18.4. The van der Waals surface area contributed by atoms with Gasteiger partial charge in [-0.05, 0) is 55.8 Å². The summed E-state index contributed by atoms with van der Waals surface area (Å²) < 4.78 is 5.72. The lowest BCUT2D eigenvalue weighted by Crippen LogP contribution is -2.40. The Kier molecular flexibility index (Phi) is 6.00. The fraction of sp³-hybridized carbons (Fsp3) is 0.263. The summed E-state index contributed by atoms with van der Waals surface area (Å²) >= 11 is 0. The lowest BCUT2D eigenvalue weighted by Gasteiger charge is -2.20. The van der Waals surface area contributed by atoms with Gasteiger partial charge in [0.1, 0.15) is 12.4 Å². The molecule has 0 aromatic heterocycles. The number of benzene rings is 2. The standard InChI is InChI=1S/C19H23N3O3/c1-13(2)21-19(24)22(3)16-8-10-17(11-9-16)25-12-14-4-6-15(7-5-14)18(20)23/h4-11,13H,12H2,1-3H3,(H2,20,23)(H,21,24). The van der Waals surface area contributed by atoms with E-state index in [2.05, 4.69) is 5.32 Å². The Morgan fingerprint density at radius 1 is 1.08 bits per heavy atom. The van der Waals surface area contributed by atoms with Crippen molar-refractivity contribution in [3.05, 3.63) is 59.7 Å². The molecule has 132 valence electrons. The maximum Gasteiger partial charge on any atom is 0.321 e. The van der Waals surface area contributed by atoms with E-state index in [0.717, 1.165) is 11.3 Å². The number of nitrogens with one attached hydrogen (secondary N) is 1. The van der Waals surface area contributed by atoms with Crippen LogP contribution in [0.3, 0.4) is 0 Å². The molecule has 0 radical (unpaired) electrons. The molecule has 3 amide bonds. The molecular weight excluding hydrogens is 318 g/mol. The largest absolute Gasteiger partial charge is 0.489 e. The number of hydrogen-bond donors (Lipinski definition) is 2. The highest BCUT2D eigenvalue weighted by molar-refractivity contribution is 5.92. The summed E-state index contributed by atoms with van der Waals surface area (Å²) in [5.74, 6) is 0.245. The van der Waals surface area contributed by atoms with Gasteiger partial charge in [0.05, 0.1) is 0 Å². The van der Waals surface area contributed by atoms with Crippen molar-refractivity contribution in [1.29, 1.82) is 0 Å². The lowest BCUT2D eigenvalue weighted by atomic mass is 10.1. The van der Waals surface area contributed by atoms with Gasteiger partial charge in [0.25, 0.3) is 0 Å². The first kappa shape index (κ1) is 18.3. The fourth-order valence-corrected chi connectivity index (χ4v) is 2.16. The van der Waals surface area contributed by atoms with E-state index in [1.54, 1.807) is 36.2 Å². The van der Waals surface area contributed by atoms with Gasteiger partial charge in [-0.25, -0.2) is 4.79 Å². The maximum atomic E-state index is 12.0. The first-order chi connectivity index (χ1) is 11.9. The Morgan fingerprint density at radius 2 is 1.68 bits per heavy atom. The van der Waals surface area contributed by atoms with Crippen molar-refractivity contribution < 1.29 is 14.3 Å². The Hall–Kier alpha value is -3.02. The van der Waals surface area contributed by atoms with Gasteiger partial charge < -0.3 is 15.8 Å². The van der Waals surface area contributed by atoms with E-state index in [-0.39, 0.29) is 12.1 Å². The van der Waals surface area contributed by atoms with Crippen molar-refractivity contribution in [3.8, 4) is 5.75 Å². The molecule has 0 aliphatic heterocycles. The molecule has 0 fully saturated rings. The number of anilines is 1. The quantitative estimate of drug-likeness (QED) is 0.847. The van der Waals surface area contributed by atoms with Crippen LogP contribution in [0.25, 0.3) is 0 Å². The molecule has 0 saturated carbocycles. The monoisotopic (exact) mass is 341 g/mol. The van der Waals surface area contributed by atoms with E-state index in [1.807, 2.05) is 38.1 Å². The Labute approximate surface area is 147 Å². The number of nitrogens with zero attached hydrogens (tertiary/aromatic N) is 1. The predicted molar refractivity (Wildman–Crippen MR) is 97.8 cm³/mol. The number of nitrogens with two attached hydrogens (primary N) is 1. The molecule has 0 unspecified atom stereocenters. The van der Waals surface area contributed by atoms with Gasteiger partial charge >= 0.3 is 6.03 Å². The van der Waals surface area contributed by atoms with E-state index in [4.69, 9.17) is 10.5 Å². The van der Waals surface area contributed by atoms with E-state index in [0.29, 0.717) is 17.9 Å². The minimum Gasteiger partial charge on any atom is -0.489 e. The SMILES string of the molecule is CC(C)NC(=O)N(C)c1ccc(OCc2ccc(C(N)=O)cc2)cc1. The first-order valence-corrected chi connectivity index (χ1v) is 8.02. The fourth-order valence-electron chi connectivity index (χ4n) is 2.16. The Bertz CT molecular complexity index is 725. The van der Waals surface area contributed by atoms with Gasteiger partial charge in [0.15, 0.2) is 0 Å². The van der Waals surface area contributed by atoms with Crippen molar-refractivity contribution >= 4 is 17.6 Å². The zero-order valence-electron chi connectivity index (χ0n) is 14.7. The maximum absolute atomic E-state index is 12.0. The van der Waals surface area contributed by atoms with E-state index >= 15 is 0 Å². The summed E-state index contributed by atoms with van der Waals surface area (Å²) in [6.45, 7) is 4.21. The second-order valence-corrected chi connectivity index (χ2v) is 6.01. The molecule has 0 aliphatic rings. The summed E-state index contributed by atoms with van der Waals surface area (Å²) in [5.41, 5.74) is 7.39. The molecule has 0 spiro atoms. The van der Waals surface area contributed by atoms with E-state index < -0.39 is 5.91 Å². The van der Waals surface area contributed by atoms with Crippen molar-refractivity contribution in [2.45, 2.75) is 26.5 Å². The van der Waals surface area contributed by atoms with E-state index in [9.17, 15) is 9.59 Å². The van der Waals surface area contributed by atoms with Gasteiger partial charge in [-0.1, -0.05) is 12.1 Å². The molecular formula is C19H23N3O3. The number of urea groups is 1. The van der Waals surface area contributed by atoms with Gasteiger partial charge in [0.2, 0.25) is 5.91 Å². The summed E-state index contributed by atoms with van der Waals surface area (Å²) in [4.78, 5) is 24.6. The van der Waals surface area contributed by atoms with Crippen LogP contribution in [0.1, 0.15) is 29.8 Å². The molecule has 3 N–H and O–H groups in total. The van der Waals surface area contributed by atoms with Crippen molar-refractivity contribution in [2.75, 3.05) is 11.9 Å². The van der Waals surface area contributed by atoms with Crippen LogP contribution in [0.2, 0.25) is 0 Å². The van der Waals surface area contributed by atoms with Crippen LogP contribution in [-0.4, -0.2) is 25.0 Å². The number of amides is 3. The zero-order valence-corrected chi connectivity index (χ0v) is 14.7. The highest BCUT2D eigenvalue weighted by atomic mass is 16.5. The highest BCUT2D eigenvalue weighted by Crippen LogP contribution is 2.19. The van der Waals surface area contributed by atoms with E-state index in [1.165, 1.54) is 0 Å². The van der Waals surface area contributed by atoms with Gasteiger partial charge in [0, 0.05) is 24.3 Å². The number of ether oxygens (including phenoxy) is 1. The molecule has 0 heterocycles. The highest BCUT2D eigenvalue weighted by Gasteiger charge is 2.11. The molecule has 2 rings (SSSR count). The second kappa shape index (κ2) is 8.19. The van der Waals surface area contributed by atoms with Crippen LogP contribution >= 0.6 is 0 Å². The van der Waals surface area contributed by atoms with Crippen LogP contribution in [0.4, 0.5) is 10.5 Å². The topological polar surface area (TPSA) is 84.7 Å². The van der Waals surface area contributed by atoms with Crippen molar-refractivity contribution in [2.24, 2.45) is 5.73 Å². The van der Waals surface area contributed by atoms with Crippen LogP contribution in [0.5, 0.6) is 5.75 Å². The third kappa shape index (κ3) is 5.24. The average Bonchev–Trinajstić information content (AvgIpc) is 2.59. The normalized spacial score (nSPS) is 10.4. The molecule has 25 heavy (non-hydrogen) atoms. The molecule has 6 nitrogen and oxygen atoms in total. The number of carbonyl (C=O) groups is 2. The summed E-state index contributed by atoms with van der Waals surface area (Å²) in [6, 6.07) is 14.2. The van der Waals surface area contributed by atoms with Crippen LogP contribution in [0, 0.1) is 0 Å². The van der Waals surface area contributed by atoms with Crippen LogP contribution in [-0.2, 0) is 6.61 Å². The van der Waals surface area contributed by atoms with Gasteiger partial charge in [-0.15, -0.1) is 0 Å². The van der Waals surface area contributed by atoms with Gasteiger partial charge in [-0.2, -0.15) is 0 Å². The summed E-state index contributed by atoms with van der Waals surface area (Å²) in [7, 11) is 1.72. The molecule has 0 aliphatic carbocycles. The number of hydrogen-bond acceptors (Lipinski definition) is 3. The smallest absolute Gasteiger partial charge is 0.321 e. The number of rotatable bonds is 6. The predicted octanol–water partition coefficient (Wildman–Crippen LogP) is 2.92. The third-order valence-corrected chi connectivity index (χ3v) is 3.58. The molecule has 2 aromatic carbocycles. The third-order valence-electron chi connectivity index (χ3n) is 3.58. The van der Waals surface area contributed by atoms with Crippen LogP contribution < -0.4 is 20.7 Å². The number of primary amides is 1. The second-order valence-electron chi connectivity index (χ2n) is 6.01. The first-order valence-electron chi connectivity index (χ1n) is 8.02. The Balaban J connectivity index is 1.93. The van der Waals surface area contributed by atoms with Crippen molar-refractivity contribution in [3.63, 3.8) is 0 Å². The number of carbonyl (C=O) groups excluding carboxylic acids is 2. The molecule has 2 aromatic rings. The Morgan fingerprint density at radius 3 is 2.20 bits per heavy atom.